The van der Waals surface area contributed by atoms with Gasteiger partial charge in [-0.25, -0.2) is 27.0 Å². The number of alkyl halides is 3. The lowest BCUT2D eigenvalue weighted by molar-refractivity contribution is -0.136. The van der Waals surface area contributed by atoms with E-state index in [1.807, 2.05) is 0 Å². The first-order chi connectivity index (χ1) is 15.9. The number of aromatic amines is 1. The topological polar surface area (TPSA) is 113 Å². The average Bonchev–Trinajstić information content (AvgIpc) is 3.18. The highest BCUT2D eigenvalue weighted by Gasteiger charge is 2.35. The standard InChI is InChI=1S/C20H17F5N4O4S/c21-13-7-11(29-19(30)28-10-2-5-34(31,32)6-3-10)8-14(22)17(13)33-15-1-4-26-18-16(15)12(9-27-18)20(23,24)25/h1,4,7-10H,2-3,5-6H2,(H,26,27)(H2,28,29,30). The Balaban J connectivity index is 1.52. The van der Waals surface area contributed by atoms with Gasteiger partial charge >= 0.3 is 12.2 Å². The Bertz CT molecular complexity index is 1320. The van der Waals surface area contributed by atoms with Gasteiger partial charge in [-0.1, -0.05) is 0 Å². The minimum atomic E-state index is -4.76. The summed E-state index contributed by atoms with van der Waals surface area (Å²) in [6.45, 7) is 0. The van der Waals surface area contributed by atoms with Crippen LogP contribution in [-0.2, 0) is 16.0 Å². The molecule has 1 aromatic carbocycles. The van der Waals surface area contributed by atoms with Crippen LogP contribution in [0.2, 0.25) is 0 Å². The normalized spacial score (nSPS) is 16.4. The number of rotatable bonds is 4. The van der Waals surface area contributed by atoms with Gasteiger partial charge in [-0.05, 0) is 18.9 Å². The molecule has 2 aromatic heterocycles. The third-order valence-electron chi connectivity index (χ3n) is 5.20. The second-order valence-electron chi connectivity index (χ2n) is 7.63. The second kappa shape index (κ2) is 8.74. The summed E-state index contributed by atoms with van der Waals surface area (Å²) in [6, 6.07) is 1.30. The molecule has 0 saturated carbocycles. The van der Waals surface area contributed by atoms with Gasteiger partial charge in [-0.2, -0.15) is 13.2 Å². The van der Waals surface area contributed by atoms with Gasteiger partial charge in [0.2, 0.25) is 0 Å². The van der Waals surface area contributed by atoms with Crippen LogP contribution in [0, 0.1) is 11.6 Å². The highest BCUT2D eigenvalue weighted by molar-refractivity contribution is 7.91. The minimum absolute atomic E-state index is 0.0767. The number of carbonyl (C=O) groups excluding carboxylic acids is 1. The van der Waals surface area contributed by atoms with E-state index in [2.05, 4.69) is 20.6 Å². The first-order valence-corrected chi connectivity index (χ1v) is 11.7. The van der Waals surface area contributed by atoms with Crippen molar-refractivity contribution in [1.29, 1.82) is 0 Å². The molecule has 1 fully saturated rings. The second-order valence-corrected chi connectivity index (χ2v) is 9.93. The first-order valence-electron chi connectivity index (χ1n) is 9.91. The Morgan fingerprint density at radius 1 is 1.15 bits per heavy atom. The lowest BCUT2D eigenvalue weighted by atomic mass is 10.1. The maximum absolute atomic E-state index is 14.6. The van der Waals surface area contributed by atoms with Crippen LogP contribution in [0.25, 0.3) is 11.0 Å². The molecule has 14 heteroatoms. The molecule has 8 nitrogen and oxygen atoms in total. The largest absolute Gasteiger partial charge is 0.450 e. The molecule has 3 heterocycles. The summed E-state index contributed by atoms with van der Waals surface area (Å²) in [7, 11) is -3.13. The number of sulfone groups is 1. The quantitative estimate of drug-likeness (QED) is 0.458. The van der Waals surface area contributed by atoms with E-state index in [1.165, 1.54) is 0 Å². The summed E-state index contributed by atoms with van der Waals surface area (Å²) >= 11 is 0. The molecule has 0 bridgehead atoms. The number of benzene rings is 1. The maximum Gasteiger partial charge on any atom is 0.418 e. The summed E-state index contributed by atoms with van der Waals surface area (Å²) in [6.07, 6.45) is -2.55. The Kier molecular flexibility index (Phi) is 6.10. The zero-order chi connectivity index (χ0) is 24.7. The Morgan fingerprint density at radius 3 is 2.41 bits per heavy atom. The zero-order valence-corrected chi connectivity index (χ0v) is 18.0. The summed E-state index contributed by atoms with van der Waals surface area (Å²) in [5.74, 6) is -4.13. The van der Waals surface area contributed by atoms with Crippen molar-refractivity contribution in [3.63, 3.8) is 0 Å². The summed E-state index contributed by atoms with van der Waals surface area (Å²) in [4.78, 5) is 18.2. The molecule has 1 aliphatic heterocycles. The fraction of sp³-hybridized carbons (Fsp3) is 0.300. The van der Waals surface area contributed by atoms with E-state index in [9.17, 15) is 35.2 Å². The highest BCUT2D eigenvalue weighted by atomic mass is 32.2. The van der Waals surface area contributed by atoms with E-state index in [0.717, 1.165) is 24.4 Å². The minimum Gasteiger partial charge on any atom is -0.450 e. The van der Waals surface area contributed by atoms with Crippen LogP contribution in [0.4, 0.5) is 32.4 Å². The lowest BCUT2D eigenvalue weighted by Gasteiger charge is -2.23. The lowest BCUT2D eigenvalue weighted by Crippen LogP contribution is -2.42. The molecule has 0 unspecified atom stereocenters. The fourth-order valence-corrected chi connectivity index (χ4v) is 5.05. The number of fused-ring (bicyclic) bond motifs is 1. The van der Waals surface area contributed by atoms with Crippen LogP contribution in [0.3, 0.4) is 0 Å². The van der Waals surface area contributed by atoms with E-state index >= 15 is 0 Å². The summed E-state index contributed by atoms with van der Waals surface area (Å²) in [5.41, 5.74) is -1.58. The number of ether oxygens (including phenoxy) is 1. The van der Waals surface area contributed by atoms with Crippen molar-refractivity contribution in [3.05, 3.63) is 47.8 Å². The number of hydrogen-bond acceptors (Lipinski definition) is 5. The van der Waals surface area contributed by atoms with Crippen molar-refractivity contribution in [2.45, 2.75) is 25.1 Å². The monoisotopic (exact) mass is 504 g/mol. The Labute approximate surface area is 189 Å². The van der Waals surface area contributed by atoms with E-state index in [1.54, 1.807) is 0 Å². The molecule has 1 aliphatic rings. The van der Waals surface area contributed by atoms with Gasteiger partial charge in [-0.3, -0.25) is 0 Å². The van der Waals surface area contributed by atoms with Crippen molar-refractivity contribution < 1.29 is 39.9 Å². The Hall–Kier alpha value is -3.42. The fourth-order valence-electron chi connectivity index (χ4n) is 3.56. The zero-order valence-electron chi connectivity index (χ0n) is 17.2. The molecule has 0 aliphatic carbocycles. The van der Waals surface area contributed by atoms with Crippen molar-refractivity contribution >= 4 is 32.6 Å². The number of nitrogens with one attached hydrogen (secondary N) is 3. The van der Waals surface area contributed by atoms with Gasteiger partial charge in [0.25, 0.3) is 0 Å². The number of hydrogen-bond donors (Lipinski definition) is 3. The predicted molar refractivity (Wildman–Crippen MR) is 111 cm³/mol. The number of H-pyrrole nitrogens is 1. The van der Waals surface area contributed by atoms with Crippen LogP contribution >= 0.6 is 0 Å². The molecule has 4 rings (SSSR count). The molecule has 0 spiro atoms. The molecule has 3 N–H and O–H groups in total. The van der Waals surface area contributed by atoms with Gasteiger partial charge in [0.15, 0.2) is 17.4 Å². The van der Waals surface area contributed by atoms with Crippen molar-refractivity contribution in [2.75, 3.05) is 16.8 Å². The molecule has 0 atom stereocenters. The van der Waals surface area contributed by atoms with E-state index in [0.29, 0.717) is 6.20 Å². The molecular weight excluding hydrogens is 487 g/mol. The van der Waals surface area contributed by atoms with Gasteiger partial charge in [0.1, 0.15) is 21.2 Å². The third-order valence-corrected chi connectivity index (χ3v) is 6.91. The van der Waals surface area contributed by atoms with Gasteiger partial charge < -0.3 is 20.4 Å². The van der Waals surface area contributed by atoms with Crippen LogP contribution in [0.5, 0.6) is 11.5 Å². The highest BCUT2D eigenvalue weighted by Crippen LogP contribution is 2.40. The first kappa shape index (κ1) is 23.7. The number of nitrogens with zero attached hydrogens (tertiary/aromatic N) is 1. The van der Waals surface area contributed by atoms with Crippen molar-refractivity contribution in [1.82, 2.24) is 15.3 Å². The number of anilines is 1. The number of carbonyl (C=O) groups is 1. The average molecular weight is 504 g/mol. The number of aromatic nitrogens is 2. The van der Waals surface area contributed by atoms with Crippen molar-refractivity contribution in [3.8, 4) is 11.5 Å². The SMILES string of the molecule is O=C(Nc1cc(F)c(Oc2ccnc3[nH]cc(C(F)(F)F)c23)c(F)c1)NC1CCS(=O)(=O)CC1. The van der Waals surface area contributed by atoms with E-state index in [-0.39, 0.29) is 35.7 Å². The molecular formula is C20H17F5N4O4S. The predicted octanol–water partition coefficient (Wildman–Crippen LogP) is 4.35. The van der Waals surface area contributed by atoms with Gasteiger partial charge in [0, 0.05) is 36.3 Å². The number of halogens is 5. The van der Waals surface area contributed by atoms with Crippen LogP contribution in [-0.4, -0.2) is 42.0 Å². The molecule has 34 heavy (non-hydrogen) atoms. The molecule has 2 amide bonds. The van der Waals surface area contributed by atoms with E-state index in [4.69, 9.17) is 4.74 Å². The van der Waals surface area contributed by atoms with Gasteiger partial charge in [-0.15, -0.1) is 0 Å². The number of pyridine rings is 1. The number of amides is 2. The van der Waals surface area contributed by atoms with Crippen LogP contribution < -0.4 is 15.4 Å². The smallest absolute Gasteiger partial charge is 0.418 e. The molecule has 182 valence electrons. The van der Waals surface area contributed by atoms with E-state index < -0.39 is 62.2 Å². The molecule has 1 saturated heterocycles. The Morgan fingerprint density at radius 2 is 1.79 bits per heavy atom. The summed E-state index contributed by atoms with van der Waals surface area (Å²) < 4.78 is 97.1. The van der Waals surface area contributed by atoms with Crippen LogP contribution in [0.15, 0.2) is 30.6 Å². The number of urea groups is 1. The summed E-state index contributed by atoms with van der Waals surface area (Å²) in [5, 5.41) is 4.27. The van der Waals surface area contributed by atoms with Gasteiger partial charge in [0.05, 0.1) is 22.5 Å². The molecule has 3 aromatic rings. The third kappa shape index (κ3) is 5.05. The maximum atomic E-state index is 14.6. The van der Waals surface area contributed by atoms with Crippen LogP contribution in [0.1, 0.15) is 18.4 Å². The van der Waals surface area contributed by atoms with Crippen molar-refractivity contribution in [2.24, 2.45) is 0 Å². The molecule has 0 radical (unpaired) electrons.